The summed E-state index contributed by atoms with van der Waals surface area (Å²) < 4.78 is 16.2. The van der Waals surface area contributed by atoms with Crippen LogP contribution in [-0.2, 0) is 19.1 Å². The smallest absolute Gasteiger partial charge is 0.349 e. The Bertz CT molecular complexity index is 1060. The summed E-state index contributed by atoms with van der Waals surface area (Å²) in [5.41, 5.74) is 0.0477. The van der Waals surface area contributed by atoms with Gasteiger partial charge in [-0.3, -0.25) is 4.79 Å². The topological polar surface area (TPSA) is 85.6 Å². The Hall–Kier alpha value is -3.30. The van der Waals surface area contributed by atoms with E-state index in [0.29, 0.717) is 17.1 Å². The SMILES string of the molecule is CCOC(=O)/C(Cl)=C/[C@H]1[C@@H](C(=O)O[C@H](C#N)c2cccc(Oc3ccccc3)c2)C1(C)C. The molecule has 6 nitrogen and oxygen atoms in total. The van der Waals surface area contributed by atoms with Crippen molar-refractivity contribution >= 4 is 23.5 Å². The molecule has 7 heteroatoms. The molecule has 0 aliphatic heterocycles. The zero-order valence-electron chi connectivity index (χ0n) is 18.1. The van der Waals surface area contributed by atoms with E-state index in [-0.39, 0.29) is 17.6 Å². The second-order valence-corrected chi connectivity index (χ2v) is 8.40. The number of ether oxygens (including phenoxy) is 3. The highest BCUT2D eigenvalue weighted by atomic mass is 35.5. The summed E-state index contributed by atoms with van der Waals surface area (Å²) in [4.78, 5) is 24.6. The second-order valence-electron chi connectivity index (χ2n) is 7.99. The van der Waals surface area contributed by atoms with E-state index in [9.17, 15) is 14.9 Å². The van der Waals surface area contributed by atoms with Gasteiger partial charge in [0.05, 0.1) is 12.5 Å². The number of hydrogen-bond donors (Lipinski definition) is 0. The van der Waals surface area contributed by atoms with Crippen molar-refractivity contribution in [1.29, 1.82) is 5.26 Å². The van der Waals surface area contributed by atoms with Crippen molar-refractivity contribution in [3.63, 3.8) is 0 Å². The standard InChI is InChI=1S/C25H24ClNO5/c1-4-30-23(28)20(26)14-19-22(25(19,2)3)24(29)32-21(15-27)16-9-8-12-18(13-16)31-17-10-6-5-7-11-17/h5-14,19,21-22H,4H2,1-3H3/b20-14-/t19-,21+,22-/m0/s1. The van der Waals surface area contributed by atoms with Crippen LogP contribution < -0.4 is 4.74 Å². The molecule has 0 saturated heterocycles. The molecule has 1 aliphatic carbocycles. The number of nitrogens with zero attached hydrogens (tertiary/aromatic N) is 1. The number of halogens is 1. The summed E-state index contributed by atoms with van der Waals surface area (Å²) in [7, 11) is 0. The van der Waals surface area contributed by atoms with Gasteiger partial charge in [-0.15, -0.1) is 0 Å². The van der Waals surface area contributed by atoms with Gasteiger partial charge < -0.3 is 14.2 Å². The lowest BCUT2D eigenvalue weighted by molar-refractivity contribution is -0.149. The monoisotopic (exact) mass is 453 g/mol. The molecule has 3 rings (SSSR count). The van der Waals surface area contributed by atoms with Gasteiger partial charge in [-0.2, -0.15) is 5.26 Å². The Kier molecular flexibility index (Phi) is 7.22. The minimum Gasteiger partial charge on any atom is -0.462 e. The molecule has 2 aromatic rings. The van der Waals surface area contributed by atoms with Crippen LogP contribution in [0.1, 0.15) is 32.4 Å². The molecule has 0 N–H and O–H groups in total. The lowest BCUT2D eigenvalue weighted by Crippen LogP contribution is -2.14. The molecular weight excluding hydrogens is 430 g/mol. The van der Waals surface area contributed by atoms with Crippen LogP contribution in [0.15, 0.2) is 65.7 Å². The molecule has 32 heavy (non-hydrogen) atoms. The number of esters is 2. The van der Waals surface area contributed by atoms with Crippen LogP contribution in [0, 0.1) is 28.6 Å². The van der Waals surface area contributed by atoms with E-state index in [1.54, 1.807) is 31.2 Å². The Labute approximate surface area is 192 Å². The molecule has 0 bridgehead atoms. The summed E-state index contributed by atoms with van der Waals surface area (Å²) in [6.07, 6.45) is 0.435. The van der Waals surface area contributed by atoms with Gasteiger partial charge in [0, 0.05) is 5.56 Å². The number of benzene rings is 2. The molecule has 2 aromatic carbocycles. The maximum Gasteiger partial charge on any atom is 0.349 e. The highest BCUT2D eigenvalue weighted by Gasteiger charge is 2.62. The van der Waals surface area contributed by atoms with Gasteiger partial charge in [0.25, 0.3) is 0 Å². The molecule has 0 unspecified atom stereocenters. The van der Waals surface area contributed by atoms with Crippen molar-refractivity contribution in [2.24, 2.45) is 17.3 Å². The predicted molar refractivity (Wildman–Crippen MR) is 119 cm³/mol. The third-order valence-corrected chi connectivity index (χ3v) is 5.73. The zero-order chi connectivity index (χ0) is 23.3. The van der Waals surface area contributed by atoms with Gasteiger partial charge in [-0.25, -0.2) is 4.79 Å². The Morgan fingerprint density at radius 1 is 1.16 bits per heavy atom. The first-order valence-electron chi connectivity index (χ1n) is 10.2. The van der Waals surface area contributed by atoms with Crippen molar-refractivity contribution in [2.75, 3.05) is 6.61 Å². The van der Waals surface area contributed by atoms with Gasteiger partial charge in [-0.05, 0) is 42.5 Å². The van der Waals surface area contributed by atoms with Gasteiger partial charge in [0.2, 0.25) is 6.10 Å². The third-order valence-electron chi connectivity index (χ3n) is 5.45. The molecule has 0 spiro atoms. The molecule has 0 heterocycles. The van der Waals surface area contributed by atoms with Gasteiger partial charge in [-0.1, -0.05) is 61.9 Å². The maximum absolute atomic E-state index is 12.8. The molecule has 166 valence electrons. The van der Waals surface area contributed by atoms with Gasteiger partial charge >= 0.3 is 11.9 Å². The highest BCUT2D eigenvalue weighted by molar-refractivity contribution is 6.41. The van der Waals surface area contributed by atoms with E-state index in [0.717, 1.165) is 0 Å². The molecular formula is C25H24ClNO5. The molecule has 0 amide bonds. The zero-order valence-corrected chi connectivity index (χ0v) is 18.8. The summed E-state index contributed by atoms with van der Waals surface area (Å²) in [6, 6.07) is 18.1. The normalized spacial score (nSPS) is 19.9. The first kappa shape index (κ1) is 23.4. The number of carbonyl (C=O) groups is 2. The van der Waals surface area contributed by atoms with Crippen molar-refractivity contribution < 1.29 is 23.8 Å². The second kappa shape index (κ2) is 9.88. The lowest BCUT2D eigenvalue weighted by Gasteiger charge is -2.13. The average Bonchev–Trinajstić information content (AvgIpc) is 3.32. The molecule has 0 radical (unpaired) electrons. The summed E-state index contributed by atoms with van der Waals surface area (Å²) in [6.45, 7) is 5.65. The van der Waals surface area contributed by atoms with Crippen LogP contribution in [0.3, 0.4) is 0 Å². The molecule has 0 aromatic heterocycles. The van der Waals surface area contributed by atoms with Crippen LogP contribution in [0.5, 0.6) is 11.5 Å². The number of carbonyl (C=O) groups excluding carboxylic acids is 2. The molecule has 1 aliphatic rings. The summed E-state index contributed by atoms with van der Waals surface area (Å²) in [5.74, 6) is -0.786. The number of hydrogen-bond acceptors (Lipinski definition) is 6. The van der Waals surface area contributed by atoms with E-state index in [1.807, 2.05) is 50.2 Å². The van der Waals surface area contributed by atoms with Crippen LogP contribution in [0.2, 0.25) is 0 Å². The van der Waals surface area contributed by atoms with Crippen LogP contribution in [-0.4, -0.2) is 18.5 Å². The molecule has 1 saturated carbocycles. The predicted octanol–water partition coefficient (Wildman–Crippen LogP) is 5.54. The summed E-state index contributed by atoms with van der Waals surface area (Å²) in [5, 5.41) is 9.56. The van der Waals surface area contributed by atoms with Crippen LogP contribution in [0.25, 0.3) is 0 Å². The lowest BCUT2D eigenvalue weighted by atomic mass is 10.1. The minimum absolute atomic E-state index is 0.0668. The van der Waals surface area contributed by atoms with Crippen molar-refractivity contribution in [1.82, 2.24) is 0 Å². The van der Waals surface area contributed by atoms with Crippen molar-refractivity contribution in [3.05, 3.63) is 71.3 Å². The quantitative estimate of drug-likeness (QED) is 0.385. The Morgan fingerprint density at radius 2 is 1.84 bits per heavy atom. The fourth-order valence-corrected chi connectivity index (χ4v) is 3.78. The number of rotatable bonds is 8. The van der Waals surface area contributed by atoms with Gasteiger partial charge in [0.1, 0.15) is 22.6 Å². The Balaban J connectivity index is 1.70. The largest absolute Gasteiger partial charge is 0.462 e. The molecule has 3 atom stereocenters. The van der Waals surface area contributed by atoms with Gasteiger partial charge in [0.15, 0.2) is 0 Å². The average molecular weight is 454 g/mol. The first-order chi connectivity index (χ1) is 15.3. The Morgan fingerprint density at radius 3 is 2.50 bits per heavy atom. The van der Waals surface area contributed by atoms with Crippen LogP contribution >= 0.6 is 11.6 Å². The van der Waals surface area contributed by atoms with Crippen molar-refractivity contribution in [2.45, 2.75) is 26.9 Å². The number of para-hydroxylation sites is 1. The van der Waals surface area contributed by atoms with Crippen molar-refractivity contribution in [3.8, 4) is 17.6 Å². The van der Waals surface area contributed by atoms with E-state index in [2.05, 4.69) is 0 Å². The van der Waals surface area contributed by atoms with E-state index in [4.69, 9.17) is 25.8 Å². The molecule has 1 fully saturated rings. The number of nitriles is 1. The fourth-order valence-electron chi connectivity index (χ4n) is 3.59. The number of allylic oxidation sites excluding steroid dienone is 1. The van der Waals surface area contributed by atoms with E-state index in [1.165, 1.54) is 6.08 Å². The fraction of sp³-hybridized carbons (Fsp3) is 0.320. The van der Waals surface area contributed by atoms with E-state index < -0.39 is 29.4 Å². The summed E-state index contributed by atoms with van der Waals surface area (Å²) >= 11 is 6.02. The maximum atomic E-state index is 12.8. The van der Waals surface area contributed by atoms with E-state index >= 15 is 0 Å². The third kappa shape index (κ3) is 5.30. The first-order valence-corrected chi connectivity index (χ1v) is 10.6. The highest BCUT2D eigenvalue weighted by Crippen LogP contribution is 2.60. The van der Waals surface area contributed by atoms with Crippen LogP contribution in [0.4, 0.5) is 0 Å². The minimum atomic E-state index is -1.09.